The van der Waals surface area contributed by atoms with Crippen molar-refractivity contribution in [1.82, 2.24) is 15.5 Å². The predicted molar refractivity (Wildman–Crippen MR) is 78.8 cm³/mol. The Morgan fingerprint density at radius 2 is 1.91 bits per heavy atom. The molecule has 2 aromatic rings. The maximum atomic E-state index is 13.3. The zero-order chi connectivity index (χ0) is 16.5. The summed E-state index contributed by atoms with van der Waals surface area (Å²) in [5.74, 6) is -0.549. The van der Waals surface area contributed by atoms with E-state index in [2.05, 4.69) is 15.5 Å². The average Bonchev–Trinajstić information content (AvgIpc) is 3.02. The Morgan fingerprint density at radius 3 is 2.61 bits per heavy atom. The molecule has 0 spiro atoms. The summed E-state index contributed by atoms with van der Waals surface area (Å²) >= 11 is 0. The van der Waals surface area contributed by atoms with Gasteiger partial charge in [-0.15, -0.1) is 0 Å². The standard InChI is InChI=1S/C16H16F3N3O/c17-16(18,19)15(7-3-4-8-15)10-20-14(23)12-9-21-22-13-6-2-1-5-11(12)13/h1-2,5-6,9H,3-4,7-8,10H2,(H,20,23). The number of nitrogens with one attached hydrogen (secondary N) is 1. The van der Waals surface area contributed by atoms with Crippen LogP contribution in [0.25, 0.3) is 10.9 Å². The molecule has 1 saturated carbocycles. The average molecular weight is 323 g/mol. The molecule has 1 N–H and O–H groups in total. The molecule has 1 amide bonds. The van der Waals surface area contributed by atoms with E-state index in [9.17, 15) is 18.0 Å². The van der Waals surface area contributed by atoms with Gasteiger partial charge in [-0.2, -0.15) is 23.4 Å². The van der Waals surface area contributed by atoms with Gasteiger partial charge in [-0.05, 0) is 18.9 Å². The lowest BCUT2D eigenvalue weighted by molar-refractivity contribution is -0.219. The summed E-state index contributed by atoms with van der Waals surface area (Å²) in [5.41, 5.74) is -1.03. The third-order valence-corrected chi connectivity index (χ3v) is 4.54. The van der Waals surface area contributed by atoms with E-state index in [1.54, 1.807) is 24.3 Å². The van der Waals surface area contributed by atoms with Crippen LogP contribution in [0.15, 0.2) is 30.5 Å². The van der Waals surface area contributed by atoms with Gasteiger partial charge in [0.05, 0.1) is 22.7 Å². The summed E-state index contributed by atoms with van der Waals surface area (Å²) < 4.78 is 40.0. The van der Waals surface area contributed by atoms with Gasteiger partial charge in [-0.1, -0.05) is 31.0 Å². The fourth-order valence-electron chi connectivity index (χ4n) is 3.14. The lowest BCUT2D eigenvalue weighted by Gasteiger charge is -2.31. The van der Waals surface area contributed by atoms with Crippen LogP contribution in [0, 0.1) is 5.41 Å². The van der Waals surface area contributed by atoms with Crippen LogP contribution < -0.4 is 5.32 Å². The molecule has 3 rings (SSSR count). The molecular weight excluding hydrogens is 307 g/mol. The van der Waals surface area contributed by atoms with Gasteiger partial charge in [0.15, 0.2) is 0 Å². The normalized spacial score (nSPS) is 17.3. The highest BCUT2D eigenvalue weighted by molar-refractivity contribution is 6.05. The number of carbonyl (C=O) groups is 1. The molecule has 0 saturated heterocycles. The molecule has 0 aliphatic heterocycles. The Morgan fingerprint density at radius 1 is 1.22 bits per heavy atom. The highest BCUT2D eigenvalue weighted by Crippen LogP contribution is 2.49. The number of hydrogen-bond acceptors (Lipinski definition) is 3. The summed E-state index contributed by atoms with van der Waals surface area (Å²) in [5, 5.41) is 10.7. The number of carbonyl (C=O) groups excluding carboxylic acids is 1. The zero-order valence-electron chi connectivity index (χ0n) is 12.4. The van der Waals surface area contributed by atoms with Crippen LogP contribution in [0.1, 0.15) is 36.0 Å². The van der Waals surface area contributed by atoms with E-state index in [4.69, 9.17) is 0 Å². The van der Waals surface area contributed by atoms with Crippen LogP contribution in [-0.2, 0) is 0 Å². The van der Waals surface area contributed by atoms with E-state index in [-0.39, 0.29) is 18.4 Å². The third-order valence-electron chi connectivity index (χ3n) is 4.54. The van der Waals surface area contributed by atoms with Crippen LogP contribution >= 0.6 is 0 Å². The summed E-state index contributed by atoms with van der Waals surface area (Å²) in [6.07, 6.45) is -1.83. The number of nitrogens with zero attached hydrogens (tertiary/aromatic N) is 2. The molecule has 1 heterocycles. The van der Waals surface area contributed by atoms with Crippen molar-refractivity contribution in [3.63, 3.8) is 0 Å². The van der Waals surface area contributed by atoms with Gasteiger partial charge in [0, 0.05) is 11.9 Å². The fraction of sp³-hybridized carbons (Fsp3) is 0.438. The van der Waals surface area contributed by atoms with E-state index in [0.717, 1.165) is 0 Å². The molecule has 1 aliphatic carbocycles. The van der Waals surface area contributed by atoms with Gasteiger partial charge in [-0.25, -0.2) is 0 Å². The third kappa shape index (κ3) is 2.87. The molecular formula is C16H16F3N3O. The quantitative estimate of drug-likeness (QED) is 0.941. The SMILES string of the molecule is O=C(NCC1(C(F)(F)F)CCCC1)c1cnnc2ccccc12. The lowest BCUT2D eigenvalue weighted by Crippen LogP contribution is -2.45. The Labute approximate surface area is 131 Å². The van der Waals surface area contributed by atoms with Crippen molar-refractivity contribution in [2.45, 2.75) is 31.9 Å². The number of rotatable bonds is 3. The monoisotopic (exact) mass is 323 g/mol. The fourth-order valence-corrected chi connectivity index (χ4v) is 3.14. The minimum atomic E-state index is -4.31. The maximum absolute atomic E-state index is 13.3. The largest absolute Gasteiger partial charge is 0.396 e. The number of hydrogen-bond donors (Lipinski definition) is 1. The number of fused-ring (bicyclic) bond motifs is 1. The molecule has 0 atom stereocenters. The highest BCUT2D eigenvalue weighted by atomic mass is 19.4. The zero-order valence-corrected chi connectivity index (χ0v) is 12.4. The van der Waals surface area contributed by atoms with E-state index in [1.807, 2.05) is 0 Å². The predicted octanol–water partition coefficient (Wildman–Crippen LogP) is 3.48. The minimum Gasteiger partial charge on any atom is -0.351 e. The first-order valence-corrected chi connectivity index (χ1v) is 7.48. The van der Waals surface area contributed by atoms with E-state index >= 15 is 0 Å². The Kier molecular flexibility index (Phi) is 3.95. The van der Waals surface area contributed by atoms with Gasteiger partial charge in [-0.3, -0.25) is 4.79 Å². The molecule has 122 valence electrons. The molecule has 0 bridgehead atoms. The molecule has 7 heteroatoms. The van der Waals surface area contributed by atoms with Crippen LogP contribution in [-0.4, -0.2) is 28.8 Å². The first-order chi connectivity index (χ1) is 10.9. The van der Waals surface area contributed by atoms with Gasteiger partial charge in [0.1, 0.15) is 0 Å². The summed E-state index contributed by atoms with van der Waals surface area (Å²) in [4.78, 5) is 12.3. The molecule has 1 fully saturated rings. The van der Waals surface area contributed by atoms with Crippen molar-refractivity contribution < 1.29 is 18.0 Å². The summed E-state index contributed by atoms with van der Waals surface area (Å²) in [7, 11) is 0. The second-order valence-electron chi connectivity index (χ2n) is 5.94. The highest BCUT2D eigenvalue weighted by Gasteiger charge is 2.55. The van der Waals surface area contributed by atoms with Crippen molar-refractivity contribution in [1.29, 1.82) is 0 Å². The van der Waals surface area contributed by atoms with E-state index in [1.165, 1.54) is 6.20 Å². The number of amides is 1. The van der Waals surface area contributed by atoms with Crippen LogP contribution in [0.2, 0.25) is 0 Å². The van der Waals surface area contributed by atoms with Gasteiger partial charge < -0.3 is 5.32 Å². The maximum Gasteiger partial charge on any atom is 0.396 e. The van der Waals surface area contributed by atoms with Crippen LogP contribution in [0.5, 0.6) is 0 Å². The molecule has 4 nitrogen and oxygen atoms in total. The van der Waals surface area contributed by atoms with Gasteiger partial charge in [0.25, 0.3) is 5.91 Å². The number of aromatic nitrogens is 2. The smallest absolute Gasteiger partial charge is 0.351 e. The molecule has 1 aromatic heterocycles. The molecule has 0 radical (unpaired) electrons. The van der Waals surface area contributed by atoms with Crippen molar-refractivity contribution in [2.24, 2.45) is 5.41 Å². The summed E-state index contributed by atoms with van der Waals surface area (Å²) in [6.45, 7) is -0.397. The Balaban J connectivity index is 1.81. The van der Waals surface area contributed by atoms with Crippen molar-refractivity contribution in [3.05, 3.63) is 36.0 Å². The van der Waals surface area contributed by atoms with E-state index < -0.39 is 24.0 Å². The van der Waals surface area contributed by atoms with E-state index in [0.29, 0.717) is 23.7 Å². The second-order valence-corrected chi connectivity index (χ2v) is 5.94. The number of benzene rings is 1. The molecule has 23 heavy (non-hydrogen) atoms. The number of alkyl halides is 3. The molecule has 1 aliphatic rings. The number of halogens is 3. The first-order valence-electron chi connectivity index (χ1n) is 7.48. The topological polar surface area (TPSA) is 54.9 Å². The second kappa shape index (κ2) is 5.79. The van der Waals surface area contributed by atoms with Gasteiger partial charge in [0.2, 0.25) is 0 Å². The molecule has 0 unspecified atom stereocenters. The Hall–Kier alpha value is -2.18. The van der Waals surface area contributed by atoms with Crippen molar-refractivity contribution >= 4 is 16.8 Å². The summed E-state index contributed by atoms with van der Waals surface area (Å²) in [6, 6.07) is 6.91. The van der Waals surface area contributed by atoms with Crippen LogP contribution in [0.4, 0.5) is 13.2 Å². The van der Waals surface area contributed by atoms with Gasteiger partial charge >= 0.3 is 6.18 Å². The van der Waals surface area contributed by atoms with Crippen LogP contribution in [0.3, 0.4) is 0 Å². The Bertz CT molecular complexity index is 719. The first kappa shape index (κ1) is 15.7. The van der Waals surface area contributed by atoms with Crippen molar-refractivity contribution in [3.8, 4) is 0 Å². The lowest BCUT2D eigenvalue weighted by atomic mass is 9.85. The molecule has 1 aromatic carbocycles. The minimum absolute atomic E-state index is 0.0616. The van der Waals surface area contributed by atoms with Crippen molar-refractivity contribution in [2.75, 3.05) is 6.54 Å².